The van der Waals surface area contributed by atoms with Crippen molar-refractivity contribution in [2.45, 2.75) is 11.8 Å². The Morgan fingerprint density at radius 2 is 1.78 bits per heavy atom. The van der Waals surface area contributed by atoms with Crippen molar-refractivity contribution in [3.05, 3.63) is 48.5 Å². The summed E-state index contributed by atoms with van der Waals surface area (Å²) in [4.78, 5) is 12.9. The Hall–Kier alpha value is -2.54. The number of amides is 1. The van der Waals surface area contributed by atoms with Crippen LogP contribution >= 0.6 is 0 Å². The van der Waals surface area contributed by atoms with Crippen LogP contribution in [0.3, 0.4) is 0 Å². The fourth-order valence-corrected chi connectivity index (χ4v) is 3.01. The van der Waals surface area contributed by atoms with Crippen LogP contribution in [0.15, 0.2) is 53.4 Å². The number of nitrogens with one attached hydrogen (secondary N) is 1. The zero-order valence-corrected chi connectivity index (χ0v) is 13.9. The Kier molecular flexibility index (Phi) is 4.90. The van der Waals surface area contributed by atoms with E-state index in [0.717, 1.165) is 0 Å². The molecule has 6 nitrogen and oxygen atoms in total. The molecule has 2 aromatic rings. The molecule has 0 bridgehead atoms. The summed E-state index contributed by atoms with van der Waals surface area (Å²) >= 11 is 0. The SMILES string of the molecule is COc1cccc(S(=O)(=O)Nc2ccc(N(C)C(C)=O)cc2)c1. The first-order valence-corrected chi connectivity index (χ1v) is 8.33. The van der Waals surface area contributed by atoms with Gasteiger partial charge < -0.3 is 9.64 Å². The second-order valence-electron chi connectivity index (χ2n) is 4.91. The van der Waals surface area contributed by atoms with Crippen molar-refractivity contribution in [3.63, 3.8) is 0 Å². The summed E-state index contributed by atoms with van der Waals surface area (Å²) in [6.45, 7) is 1.46. The van der Waals surface area contributed by atoms with Crippen LogP contribution in [0, 0.1) is 0 Å². The molecule has 0 aliphatic rings. The van der Waals surface area contributed by atoms with E-state index in [4.69, 9.17) is 4.74 Å². The van der Waals surface area contributed by atoms with Crippen LogP contribution in [0.2, 0.25) is 0 Å². The van der Waals surface area contributed by atoms with Gasteiger partial charge in [0.25, 0.3) is 10.0 Å². The maximum absolute atomic E-state index is 12.4. The van der Waals surface area contributed by atoms with Gasteiger partial charge in [-0.05, 0) is 36.4 Å². The molecule has 1 amide bonds. The summed E-state index contributed by atoms with van der Waals surface area (Å²) < 4.78 is 32.3. The maximum atomic E-state index is 12.4. The molecule has 2 aromatic carbocycles. The van der Waals surface area contributed by atoms with Crippen LogP contribution in [-0.2, 0) is 14.8 Å². The van der Waals surface area contributed by atoms with E-state index in [0.29, 0.717) is 17.1 Å². The highest BCUT2D eigenvalue weighted by molar-refractivity contribution is 7.92. The first-order chi connectivity index (χ1) is 10.8. The summed E-state index contributed by atoms with van der Waals surface area (Å²) in [5.41, 5.74) is 1.09. The minimum Gasteiger partial charge on any atom is -0.497 e. The van der Waals surface area contributed by atoms with Crippen molar-refractivity contribution in [1.29, 1.82) is 0 Å². The molecule has 0 saturated heterocycles. The van der Waals surface area contributed by atoms with Crippen LogP contribution < -0.4 is 14.4 Å². The topological polar surface area (TPSA) is 75.7 Å². The summed E-state index contributed by atoms with van der Waals surface area (Å²) in [6, 6.07) is 12.8. The monoisotopic (exact) mass is 334 g/mol. The van der Waals surface area contributed by atoms with Crippen LogP contribution in [-0.4, -0.2) is 28.5 Å². The van der Waals surface area contributed by atoms with Gasteiger partial charge in [-0.1, -0.05) is 6.07 Å². The highest BCUT2D eigenvalue weighted by atomic mass is 32.2. The predicted octanol–water partition coefficient (Wildman–Crippen LogP) is 2.48. The molecule has 0 aliphatic carbocycles. The van der Waals surface area contributed by atoms with Gasteiger partial charge in [-0.3, -0.25) is 9.52 Å². The first-order valence-electron chi connectivity index (χ1n) is 6.85. The molecular formula is C16H18N2O4S. The molecule has 0 spiro atoms. The number of rotatable bonds is 5. The molecule has 23 heavy (non-hydrogen) atoms. The van der Waals surface area contributed by atoms with Crippen molar-refractivity contribution in [2.24, 2.45) is 0 Å². The van der Waals surface area contributed by atoms with E-state index in [-0.39, 0.29) is 10.8 Å². The Bertz CT molecular complexity index is 801. The normalized spacial score (nSPS) is 10.9. The molecule has 0 aliphatic heterocycles. The van der Waals surface area contributed by atoms with Gasteiger partial charge in [-0.15, -0.1) is 0 Å². The number of carbonyl (C=O) groups excluding carboxylic acids is 1. The lowest BCUT2D eigenvalue weighted by Gasteiger charge is -2.15. The zero-order chi connectivity index (χ0) is 17.0. The Morgan fingerprint density at radius 3 is 2.35 bits per heavy atom. The van der Waals surface area contributed by atoms with E-state index in [2.05, 4.69) is 4.72 Å². The third-order valence-corrected chi connectivity index (χ3v) is 4.71. The number of methoxy groups -OCH3 is 1. The fraction of sp³-hybridized carbons (Fsp3) is 0.188. The number of hydrogen-bond donors (Lipinski definition) is 1. The number of nitrogens with zero attached hydrogens (tertiary/aromatic N) is 1. The van der Waals surface area contributed by atoms with Gasteiger partial charge in [-0.25, -0.2) is 8.42 Å². The lowest BCUT2D eigenvalue weighted by molar-refractivity contribution is -0.116. The number of carbonyl (C=O) groups is 1. The maximum Gasteiger partial charge on any atom is 0.262 e. The summed E-state index contributed by atoms with van der Waals surface area (Å²) in [7, 11) is -0.580. The average Bonchev–Trinajstić information content (AvgIpc) is 2.54. The van der Waals surface area contributed by atoms with Gasteiger partial charge in [0.15, 0.2) is 0 Å². The number of hydrogen-bond acceptors (Lipinski definition) is 4. The van der Waals surface area contributed by atoms with Gasteiger partial charge >= 0.3 is 0 Å². The van der Waals surface area contributed by atoms with E-state index in [1.54, 1.807) is 43.4 Å². The number of ether oxygens (including phenoxy) is 1. The Labute approximate surface area is 135 Å². The minimum absolute atomic E-state index is 0.102. The van der Waals surface area contributed by atoms with E-state index >= 15 is 0 Å². The van der Waals surface area contributed by atoms with Gasteiger partial charge in [0.1, 0.15) is 5.75 Å². The van der Waals surface area contributed by atoms with Gasteiger partial charge in [0.2, 0.25) is 5.91 Å². The lowest BCUT2D eigenvalue weighted by atomic mass is 10.2. The minimum atomic E-state index is -3.71. The van der Waals surface area contributed by atoms with Gasteiger partial charge in [0.05, 0.1) is 12.0 Å². The lowest BCUT2D eigenvalue weighted by Crippen LogP contribution is -2.22. The molecule has 122 valence electrons. The van der Waals surface area contributed by atoms with Crippen molar-refractivity contribution < 1.29 is 17.9 Å². The Morgan fingerprint density at radius 1 is 1.13 bits per heavy atom. The second kappa shape index (κ2) is 6.70. The van der Waals surface area contributed by atoms with Crippen molar-refractivity contribution >= 4 is 27.3 Å². The smallest absolute Gasteiger partial charge is 0.262 e. The molecule has 0 fully saturated rings. The Balaban J connectivity index is 2.22. The van der Waals surface area contributed by atoms with Gasteiger partial charge in [-0.2, -0.15) is 0 Å². The third-order valence-electron chi connectivity index (χ3n) is 3.33. The highest BCUT2D eigenvalue weighted by Crippen LogP contribution is 2.22. The van der Waals surface area contributed by atoms with Gasteiger partial charge in [0, 0.05) is 31.4 Å². The van der Waals surface area contributed by atoms with Crippen molar-refractivity contribution in [2.75, 3.05) is 23.8 Å². The van der Waals surface area contributed by atoms with E-state index in [1.807, 2.05) is 0 Å². The molecule has 0 atom stereocenters. The summed E-state index contributed by atoms with van der Waals surface area (Å²) in [6.07, 6.45) is 0. The van der Waals surface area contributed by atoms with E-state index < -0.39 is 10.0 Å². The molecule has 1 N–H and O–H groups in total. The van der Waals surface area contributed by atoms with Crippen LogP contribution in [0.1, 0.15) is 6.92 Å². The second-order valence-corrected chi connectivity index (χ2v) is 6.59. The molecular weight excluding hydrogens is 316 g/mol. The summed E-state index contributed by atoms with van der Waals surface area (Å²) in [5.74, 6) is 0.362. The average molecular weight is 334 g/mol. The van der Waals surface area contributed by atoms with Crippen LogP contribution in [0.25, 0.3) is 0 Å². The van der Waals surface area contributed by atoms with Crippen molar-refractivity contribution in [1.82, 2.24) is 0 Å². The largest absolute Gasteiger partial charge is 0.497 e. The molecule has 0 saturated carbocycles. The van der Waals surface area contributed by atoms with Crippen LogP contribution in [0.5, 0.6) is 5.75 Å². The number of sulfonamides is 1. The van der Waals surface area contributed by atoms with E-state index in [1.165, 1.54) is 31.1 Å². The third kappa shape index (κ3) is 4.01. The summed E-state index contributed by atoms with van der Waals surface area (Å²) in [5, 5.41) is 0. The molecule has 0 unspecified atom stereocenters. The first kappa shape index (κ1) is 16.8. The number of benzene rings is 2. The number of anilines is 2. The standard InChI is InChI=1S/C16H18N2O4S/c1-12(19)18(2)14-9-7-13(8-10-14)17-23(20,21)16-6-4-5-15(11-16)22-3/h4-11,17H,1-3H3. The molecule has 7 heteroatoms. The fourth-order valence-electron chi connectivity index (χ4n) is 1.92. The van der Waals surface area contributed by atoms with Crippen LogP contribution in [0.4, 0.5) is 11.4 Å². The molecule has 0 radical (unpaired) electrons. The van der Waals surface area contributed by atoms with E-state index in [9.17, 15) is 13.2 Å². The highest BCUT2D eigenvalue weighted by Gasteiger charge is 2.15. The molecule has 0 heterocycles. The molecule has 0 aromatic heterocycles. The zero-order valence-electron chi connectivity index (χ0n) is 13.1. The predicted molar refractivity (Wildman–Crippen MR) is 89.3 cm³/mol. The van der Waals surface area contributed by atoms with Crippen molar-refractivity contribution in [3.8, 4) is 5.75 Å². The quantitative estimate of drug-likeness (QED) is 0.911. The molecule has 2 rings (SSSR count).